The second-order valence-electron chi connectivity index (χ2n) is 4.93. The lowest BCUT2D eigenvalue weighted by atomic mass is 9.76. The zero-order valence-corrected chi connectivity index (χ0v) is 11.7. The first kappa shape index (κ1) is 12.0. The average Bonchev–Trinajstić information content (AvgIpc) is 2.82. The Kier molecular flexibility index (Phi) is 3.52. The lowest BCUT2D eigenvalue weighted by molar-refractivity contribution is 0.289. The smallest absolute Gasteiger partial charge is 0.0947 e. The van der Waals surface area contributed by atoms with E-state index in [2.05, 4.69) is 45.5 Å². The van der Waals surface area contributed by atoms with E-state index in [1.165, 1.54) is 24.0 Å². The monoisotopic (exact) mass is 305 g/mol. The molecule has 0 spiro atoms. The molecule has 1 N–H and O–H groups in total. The van der Waals surface area contributed by atoms with Crippen molar-refractivity contribution < 1.29 is 4.42 Å². The summed E-state index contributed by atoms with van der Waals surface area (Å²) in [5.74, 6) is 0.722. The molecule has 1 saturated carbocycles. The highest BCUT2D eigenvalue weighted by molar-refractivity contribution is 9.10. The van der Waals surface area contributed by atoms with Gasteiger partial charge in [-0.3, -0.25) is 0 Å². The van der Waals surface area contributed by atoms with Gasteiger partial charge in [0.25, 0.3) is 0 Å². The minimum atomic E-state index is 0.647. The van der Waals surface area contributed by atoms with Crippen LogP contribution in [0, 0.1) is 0 Å². The first-order chi connectivity index (χ1) is 8.81. The summed E-state index contributed by atoms with van der Waals surface area (Å²) in [6.07, 6.45) is 6.00. The molecular weight excluding hydrogens is 290 g/mol. The van der Waals surface area contributed by atoms with Crippen molar-refractivity contribution in [2.45, 2.75) is 31.3 Å². The van der Waals surface area contributed by atoms with Crippen LogP contribution in [0.1, 0.15) is 29.9 Å². The van der Waals surface area contributed by atoms with Gasteiger partial charge in [-0.05, 0) is 42.5 Å². The lowest BCUT2D eigenvalue weighted by Crippen LogP contribution is -2.39. The Morgan fingerprint density at radius 1 is 1.17 bits per heavy atom. The average molecular weight is 306 g/mol. The zero-order chi connectivity index (χ0) is 12.4. The number of nitrogens with one attached hydrogen (secondary N) is 1. The molecular formula is C15H16BrNO. The Morgan fingerprint density at radius 2 is 1.94 bits per heavy atom. The number of rotatable bonds is 4. The van der Waals surface area contributed by atoms with Crippen LogP contribution in [0.5, 0.6) is 0 Å². The van der Waals surface area contributed by atoms with Crippen molar-refractivity contribution in [3.63, 3.8) is 0 Å². The van der Waals surface area contributed by atoms with Gasteiger partial charge in [-0.15, -0.1) is 0 Å². The normalized spacial score (nSPS) is 22.7. The van der Waals surface area contributed by atoms with Crippen LogP contribution in [0.2, 0.25) is 0 Å². The molecule has 1 aromatic carbocycles. The highest BCUT2D eigenvalue weighted by Crippen LogP contribution is 2.37. The Bertz CT molecular complexity index is 486. The third kappa shape index (κ3) is 2.68. The third-order valence-corrected chi connectivity index (χ3v) is 4.18. The standard InChI is InChI=1S/C15H16BrNO/c16-14-3-1-12(2-4-14)13-7-15(8-13)17-9-11-5-6-18-10-11/h1-6,10,13,15,17H,7-9H2. The maximum atomic E-state index is 5.06. The van der Waals surface area contributed by atoms with Gasteiger partial charge in [-0.25, -0.2) is 0 Å². The van der Waals surface area contributed by atoms with Crippen molar-refractivity contribution >= 4 is 15.9 Å². The highest BCUT2D eigenvalue weighted by atomic mass is 79.9. The van der Waals surface area contributed by atoms with Crippen molar-refractivity contribution in [2.24, 2.45) is 0 Å². The summed E-state index contributed by atoms with van der Waals surface area (Å²) >= 11 is 3.47. The summed E-state index contributed by atoms with van der Waals surface area (Å²) in [6, 6.07) is 11.4. The van der Waals surface area contributed by atoms with E-state index in [4.69, 9.17) is 4.42 Å². The quantitative estimate of drug-likeness (QED) is 0.921. The van der Waals surface area contributed by atoms with Crippen molar-refractivity contribution in [1.29, 1.82) is 0 Å². The van der Waals surface area contributed by atoms with E-state index in [-0.39, 0.29) is 0 Å². The Balaban J connectivity index is 1.47. The van der Waals surface area contributed by atoms with Crippen LogP contribution >= 0.6 is 15.9 Å². The largest absolute Gasteiger partial charge is 0.472 e. The van der Waals surface area contributed by atoms with Crippen LogP contribution in [0.15, 0.2) is 51.7 Å². The van der Waals surface area contributed by atoms with Crippen molar-refractivity contribution in [3.05, 3.63) is 58.5 Å². The van der Waals surface area contributed by atoms with Gasteiger partial charge >= 0.3 is 0 Å². The molecule has 2 nitrogen and oxygen atoms in total. The van der Waals surface area contributed by atoms with Crippen LogP contribution in [-0.2, 0) is 6.54 Å². The minimum absolute atomic E-state index is 0.647. The summed E-state index contributed by atoms with van der Waals surface area (Å²) < 4.78 is 6.21. The topological polar surface area (TPSA) is 25.2 Å². The van der Waals surface area contributed by atoms with Crippen LogP contribution in [0.3, 0.4) is 0 Å². The first-order valence-corrected chi connectivity index (χ1v) is 7.10. The van der Waals surface area contributed by atoms with E-state index in [0.717, 1.165) is 16.9 Å². The number of hydrogen-bond donors (Lipinski definition) is 1. The molecule has 1 aromatic heterocycles. The fourth-order valence-electron chi connectivity index (χ4n) is 2.45. The molecule has 0 bridgehead atoms. The molecule has 1 aliphatic rings. The molecule has 3 heteroatoms. The summed E-state index contributed by atoms with van der Waals surface area (Å²) in [5, 5.41) is 3.56. The van der Waals surface area contributed by atoms with E-state index in [0.29, 0.717) is 6.04 Å². The molecule has 1 heterocycles. The van der Waals surface area contributed by atoms with Gasteiger partial charge in [0.15, 0.2) is 0 Å². The molecule has 94 valence electrons. The van der Waals surface area contributed by atoms with Crippen LogP contribution < -0.4 is 5.32 Å². The molecule has 0 saturated heterocycles. The fourth-order valence-corrected chi connectivity index (χ4v) is 2.71. The number of furan rings is 1. The van der Waals surface area contributed by atoms with E-state index in [1.54, 1.807) is 12.5 Å². The van der Waals surface area contributed by atoms with Gasteiger partial charge in [-0.2, -0.15) is 0 Å². The van der Waals surface area contributed by atoms with Crippen LogP contribution in [-0.4, -0.2) is 6.04 Å². The van der Waals surface area contributed by atoms with Gasteiger partial charge in [0, 0.05) is 22.6 Å². The van der Waals surface area contributed by atoms with Gasteiger partial charge in [-0.1, -0.05) is 28.1 Å². The van der Waals surface area contributed by atoms with E-state index in [1.807, 2.05) is 6.07 Å². The lowest BCUT2D eigenvalue weighted by Gasteiger charge is -2.36. The van der Waals surface area contributed by atoms with Crippen LogP contribution in [0.4, 0.5) is 0 Å². The van der Waals surface area contributed by atoms with Crippen LogP contribution in [0.25, 0.3) is 0 Å². The number of hydrogen-bond acceptors (Lipinski definition) is 2. The molecule has 0 atom stereocenters. The van der Waals surface area contributed by atoms with Crippen molar-refractivity contribution in [2.75, 3.05) is 0 Å². The molecule has 0 unspecified atom stereocenters. The predicted molar refractivity (Wildman–Crippen MR) is 75.5 cm³/mol. The fraction of sp³-hybridized carbons (Fsp3) is 0.333. The summed E-state index contributed by atoms with van der Waals surface area (Å²) in [4.78, 5) is 0. The maximum absolute atomic E-state index is 5.06. The Morgan fingerprint density at radius 3 is 2.61 bits per heavy atom. The van der Waals surface area contributed by atoms with Gasteiger partial charge in [0.1, 0.15) is 0 Å². The SMILES string of the molecule is Brc1ccc(C2CC(NCc3ccoc3)C2)cc1. The van der Waals surface area contributed by atoms with Gasteiger partial charge in [0.2, 0.25) is 0 Å². The number of halogens is 1. The molecule has 0 amide bonds. The first-order valence-electron chi connectivity index (χ1n) is 6.31. The predicted octanol–water partition coefficient (Wildman–Crippen LogP) is 4.08. The molecule has 18 heavy (non-hydrogen) atoms. The highest BCUT2D eigenvalue weighted by Gasteiger charge is 2.29. The Hall–Kier alpha value is -1.06. The van der Waals surface area contributed by atoms with E-state index < -0.39 is 0 Å². The maximum Gasteiger partial charge on any atom is 0.0947 e. The zero-order valence-electron chi connectivity index (χ0n) is 10.1. The molecule has 0 aliphatic heterocycles. The second-order valence-corrected chi connectivity index (χ2v) is 5.84. The van der Waals surface area contributed by atoms with Gasteiger partial charge < -0.3 is 9.73 Å². The molecule has 2 aromatic rings. The van der Waals surface area contributed by atoms with Crippen molar-refractivity contribution in [1.82, 2.24) is 5.32 Å². The van der Waals surface area contributed by atoms with E-state index >= 15 is 0 Å². The van der Waals surface area contributed by atoms with E-state index in [9.17, 15) is 0 Å². The van der Waals surface area contributed by atoms with Gasteiger partial charge in [0.05, 0.1) is 12.5 Å². The summed E-state index contributed by atoms with van der Waals surface area (Å²) in [7, 11) is 0. The second kappa shape index (κ2) is 5.29. The Labute approximate surface area is 116 Å². The molecule has 0 radical (unpaired) electrons. The number of benzene rings is 1. The van der Waals surface area contributed by atoms with Crippen molar-refractivity contribution in [3.8, 4) is 0 Å². The molecule has 3 rings (SSSR count). The molecule has 1 fully saturated rings. The summed E-state index contributed by atoms with van der Waals surface area (Å²) in [6.45, 7) is 0.911. The minimum Gasteiger partial charge on any atom is -0.472 e. The summed E-state index contributed by atoms with van der Waals surface area (Å²) in [5.41, 5.74) is 2.68. The molecule has 1 aliphatic carbocycles. The third-order valence-electron chi connectivity index (χ3n) is 3.65.